The molecule has 0 aliphatic heterocycles. The van der Waals surface area contributed by atoms with Gasteiger partial charge in [0.25, 0.3) is 11.5 Å². The third-order valence-electron chi connectivity index (χ3n) is 4.05. The van der Waals surface area contributed by atoms with Crippen LogP contribution in [0, 0.1) is 6.92 Å². The van der Waals surface area contributed by atoms with Crippen LogP contribution in [-0.2, 0) is 20.7 Å². The molecule has 0 atom stereocenters. The summed E-state index contributed by atoms with van der Waals surface area (Å²) >= 11 is 3.39. The molecule has 0 saturated carbocycles. The molecule has 0 fully saturated rings. The van der Waals surface area contributed by atoms with Crippen LogP contribution in [0.25, 0.3) is 10.9 Å². The topological polar surface area (TPSA) is 101 Å². The molecule has 0 radical (unpaired) electrons. The number of carbonyl (C=O) groups excluding carboxylic acids is 2. The molecule has 1 heterocycles. The fourth-order valence-electron chi connectivity index (χ4n) is 2.56. The van der Waals surface area contributed by atoms with Crippen LogP contribution in [0.3, 0.4) is 0 Å². The van der Waals surface area contributed by atoms with Crippen LogP contribution in [0.15, 0.2) is 51.7 Å². The second-order valence-electron chi connectivity index (χ2n) is 6.20. The lowest BCUT2D eigenvalue weighted by Gasteiger charge is -2.08. The van der Waals surface area contributed by atoms with E-state index in [1.807, 2.05) is 13.0 Å². The van der Waals surface area contributed by atoms with Crippen LogP contribution in [-0.4, -0.2) is 28.5 Å². The summed E-state index contributed by atoms with van der Waals surface area (Å²) in [5.74, 6) is -0.577. The zero-order valence-corrected chi connectivity index (χ0v) is 16.7. The van der Waals surface area contributed by atoms with Crippen LogP contribution in [0.2, 0.25) is 0 Å². The number of nitrogens with one attached hydrogen (secondary N) is 2. The van der Waals surface area contributed by atoms with Gasteiger partial charge in [-0.3, -0.25) is 14.4 Å². The molecule has 2 N–H and O–H groups in total. The number of para-hydroxylation sites is 1. The summed E-state index contributed by atoms with van der Waals surface area (Å²) in [6.45, 7) is 1.56. The standard InChI is InChI=1S/C20H18BrN3O4/c1-12-6-7-13(10-15(12)21)22-18(25)11-28-19(26)9-8-17-23-16-5-3-2-4-14(16)20(27)24-17/h2-7,10H,8-9,11H2,1H3,(H,22,25)(H,23,24,27). The summed E-state index contributed by atoms with van der Waals surface area (Å²) in [7, 11) is 0. The van der Waals surface area contributed by atoms with E-state index >= 15 is 0 Å². The van der Waals surface area contributed by atoms with Gasteiger partial charge in [-0.15, -0.1) is 0 Å². The van der Waals surface area contributed by atoms with Crippen molar-refractivity contribution in [2.75, 3.05) is 11.9 Å². The van der Waals surface area contributed by atoms with Gasteiger partial charge in [-0.1, -0.05) is 34.1 Å². The number of carbonyl (C=O) groups is 2. The Hall–Kier alpha value is -3.00. The Labute approximate surface area is 169 Å². The van der Waals surface area contributed by atoms with Crippen molar-refractivity contribution in [2.24, 2.45) is 0 Å². The Balaban J connectivity index is 1.50. The van der Waals surface area contributed by atoms with Gasteiger partial charge in [0, 0.05) is 16.6 Å². The minimum absolute atomic E-state index is 0.00460. The van der Waals surface area contributed by atoms with Gasteiger partial charge in [-0.2, -0.15) is 0 Å². The molecule has 0 aliphatic rings. The van der Waals surface area contributed by atoms with Crippen LogP contribution in [0.5, 0.6) is 0 Å². The Morgan fingerprint density at radius 3 is 2.79 bits per heavy atom. The number of nitrogens with zero attached hydrogens (tertiary/aromatic N) is 1. The van der Waals surface area contributed by atoms with E-state index in [0.29, 0.717) is 22.4 Å². The third kappa shape index (κ3) is 5.04. The van der Waals surface area contributed by atoms with Gasteiger partial charge in [0.1, 0.15) is 5.82 Å². The number of ether oxygens (including phenoxy) is 1. The molecule has 7 nitrogen and oxygen atoms in total. The van der Waals surface area contributed by atoms with E-state index in [1.165, 1.54) is 0 Å². The highest BCUT2D eigenvalue weighted by molar-refractivity contribution is 9.10. The molecule has 144 valence electrons. The van der Waals surface area contributed by atoms with Gasteiger partial charge in [0.05, 0.1) is 17.3 Å². The first-order valence-corrected chi connectivity index (χ1v) is 9.41. The van der Waals surface area contributed by atoms with Crippen molar-refractivity contribution in [3.05, 3.63) is 68.7 Å². The second-order valence-corrected chi connectivity index (χ2v) is 7.06. The Bertz CT molecular complexity index is 1090. The van der Waals surface area contributed by atoms with Crippen molar-refractivity contribution in [2.45, 2.75) is 19.8 Å². The van der Waals surface area contributed by atoms with Crippen molar-refractivity contribution >= 4 is 44.4 Å². The van der Waals surface area contributed by atoms with Crippen molar-refractivity contribution in [1.29, 1.82) is 0 Å². The molecule has 2 aromatic carbocycles. The summed E-state index contributed by atoms with van der Waals surface area (Å²) < 4.78 is 5.86. The van der Waals surface area contributed by atoms with Crippen LogP contribution in [0.4, 0.5) is 5.69 Å². The Morgan fingerprint density at radius 1 is 1.21 bits per heavy atom. The second kappa shape index (κ2) is 8.79. The number of H-pyrrole nitrogens is 1. The number of benzene rings is 2. The van der Waals surface area contributed by atoms with E-state index in [4.69, 9.17) is 4.74 Å². The molecule has 28 heavy (non-hydrogen) atoms. The van der Waals surface area contributed by atoms with Gasteiger partial charge in [0.15, 0.2) is 6.61 Å². The first-order chi connectivity index (χ1) is 13.4. The molecular formula is C20H18BrN3O4. The van der Waals surface area contributed by atoms with Crippen molar-refractivity contribution < 1.29 is 14.3 Å². The number of esters is 1. The lowest BCUT2D eigenvalue weighted by Crippen LogP contribution is -2.21. The minimum atomic E-state index is -0.545. The number of anilines is 1. The molecule has 1 aromatic heterocycles. The lowest BCUT2D eigenvalue weighted by molar-refractivity contribution is -0.147. The van der Waals surface area contributed by atoms with E-state index in [-0.39, 0.29) is 25.0 Å². The van der Waals surface area contributed by atoms with E-state index in [1.54, 1.807) is 36.4 Å². The molecule has 3 aromatic rings. The molecular weight excluding hydrogens is 426 g/mol. The lowest BCUT2D eigenvalue weighted by atomic mass is 10.2. The van der Waals surface area contributed by atoms with E-state index in [9.17, 15) is 14.4 Å². The summed E-state index contributed by atoms with van der Waals surface area (Å²) in [6.07, 6.45) is 0.218. The van der Waals surface area contributed by atoms with Gasteiger partial charge < -0.3 is 15.0 Å². The zero-order chi connectivity index (χ0) is 20.1. The number of amides is 1. The molecule has 0 spiro atoms. The number of hydrogen-bond donors (Lipinski definition) is 2. The number of aryl methyl sites for hydroxylation is 2. The maximum Gasteiger partial charge on any atom is 0.306 e. The van der Waals surface area contributed by atoms with E-state index in [2.05, 4.69) is 31.2 Å². The van der Waals surface area contributed by atoms with Gasteiger partial charge in [0.2, 0.25) is 0 Å². The fraction of sp³-hybridized carbons (Fsp3) is 0.200. The van der Waals surface area contributed by atoms with Crippen molar-refractivity contribution in [3.8, 4) is 0 Å². The van der Waals surface area contributed by atoms with Crippen molar-refractivity contribution in [3.63, 3.8) is 0 Å². The first kappa shape index (κ1) is 19.8. The molecule has 0 saturated heterocycles. The SMILES string of the molecule is Cc1ccc(NC(=O)COC(=O)CCc2nc3ccccc3c(=O)[nH]2)cc1Br. The highest BCUT2D eigenvalue weighted by Crippen LogP contribution is 2.20. The average molecular weight is 444 g/mol. The molecule has 0 unspecified atom stereocenters. The zero-order valence-electron chi connectivity index (χ0n) is 15.1. The highest BCUT2D eigenvalue weighted by Gasteiger charge is 2.10. The Morgan fingerprint density at radius 2 is 2.00 bits per heavy atom. The number of aromatic amines is 1. The molecule has 1 amide bonds. The normalized spacial score (nSPS) is 10.6. The minimum Gasteiger partial charge on any atom is -0.456 e. The molecule has 0 aliphatic carbocycles. The van der Waals surface area contributed by atoms with Gasteiger partial charge in [-0.25, -0.2) is 4.98 Å². The van der Waals surface area contributed by atoms with E-state index in [0.717, 1.165) is 10.0 Å². The summed E-state index contributed by atoms with van der Waals surface area (Å²) in [5.41, 5.74) is 1.97. The number of fused-ring (bicyclic) bond motifs is 1. The number of rotatable bonds is 6. The summed E-state index contributed by atoms with van der Waals surface area (Å²) in [5, 5.41) is 3.15. The number of hydrogen-bond acceptors (Lipinski definition) is 5. The predicted octanol–water partition coefficient (Wildman–Crippen LogP) is 3.11. The molecule has 8 heteroatoms. The number of aromatic nitrogens is 2. The first-order valence-electron chi connectivity index (χ1n) is 8.62. The average Bonchev–Trinajstić information content (AvgIpc) is 2.68. The maximum absolute atomic E-state index is 12.0. The highest BCUT2D eigenvalue weighted by atomic mass is 79.9. The van der Waals surface area contributed by atoms with Crippen LogP contribution in [0.1, 0.15) is 17.8 Å². The van der Waals surface area contributed by atoms with E-state index < -0.39 is 11.9 Å². The molecule has 3 rings (SSSR count). The molecule has 0 bridgehead atoms. The Kier molecular flexibility index (Phi) is 6.20. The smallest absolute Gasteiger partial charge is 0.306 e. The summed E-state index contributed by atoms with van der Waals surface area (Å²) in [4.78, 5) is 42.8. The number of halogens is 1. The maximum atomic E-state index is 12.0. The largest absolute Gasteiger partial charge is 0.456 e. The third-order valence-corrected chi connectivity index (χ3v) is 4.90. The summed E-state index contributed by atoms with van der Waals surface area (Å²) in [6, 6.07) is 12.4. The van der Waals surface area contributed by atoms with Crippen LogP contribution >= 0.6 is 15.9 Å². The van der Waals surface area contributed by atoms with Gasteiger partial charge >= 0.3 is 5.97 Å². The van der Waals surface area contributed by atoms with Crippen molar-refractivity contribution in [1.82, 2.24) is 9.97 Å². The quantitative estimate of drug-likeness (QED) is 0.569. The predicted molar refractivity (Wildman–Crippen MR) is 109 cm³/mol. The van der Waals surface area contributed by atoms with Gasteiger partial charge in [-0.05, 0) is 36.8 Å². The monoisotopic (exact) mass is 443 g/mol. The van der Waals surface area contributed by atoms with Crippen LogP contribution < -0.4 is 10.9 Å². The fourth-order valence-corrected chi connectivity index (χ4v) is 2.94.